The monoisotopic (exact) mass is 253 g/mol. The molecule has 0 amide bonds. The van der Waals surface area contributed by atoms with Crippen LogP contribution in [0.15, 0.2) is 12.1 Å². The maximum Gasteiger partial charge on any atom is 0.201 e. The Bertz CT molecular complexity index is 605. The van der Waals surface area contributed by atoms with Crippen molar-refractivity contribution in [3.8, 4) is 0 Å². The number of imidazole rings is 1. The van der Waals surface area contributed by atoms with Crippen molar-refractivity contribution in [2.24, 2.45) is 0 Å². The standard InChI is InChI=1S/C12H13F2N3O/c1-18-7-4-6(5-7)17-11-9(16-12(17)15)3-2-8(13)10(11)14/h2-3,6-7H,4-5H2,1H3,(H2,15,16). The van der Waals surface area contributed by atoms with Crippen molar-refractivity contribution in [1.82, 2.24) is 9.55 Å². The fraction of sp³-hybridized carbons (Fsp3) is 0.417. The Morgan fingerprint density at radius 3 is 2.78 bits per heavy atom. The summed E-state index contributed by atoms with van der Waals surface area (Å²) in [5.41, 5.74) is 6.32. The van der Waals surface area contributed by atoms with Gasteiger partial charge in [-0.25, -0.2) is 13.8 Å². The summed E-state index contributed by atoms with van der Waals surface area (Å²) in [6, 6.07) is 2.52. The second-order valence-corrected chi connectivity index (χ2v) is 4.55. The first kappa shape index (κ1) is 11.4. The average molecular weight is 253 g/mol. The predicted molar refractivity (Wildman–Crippen MR) is 63.1 cm³/mol. The molecule has 1 aromatic heterocycles. The van der Waals surface area contributed by atoms with Crippen LogP contribution in [0, 0.1) is 11.6 Å². The first-order chi connectivity index (χ1) is 8.61. The van der Waals surface area contributed by atoms with Crippen molar-refractivity contribution in [1.29, 1.82) is 0 Å². The molecule has 0 spiro atoms. The average Bonchev–Trinajstić information content (AvgIpc) is 2.61. The van der Waals surface area contributed by atoms with Crippen molar-refractivity contribution in [2.75, 3.05) is 12.8 Å². The molecule has 0 radical (unpaired) electrons. The molecule has 6 heteroatoms. The number of methoxy groups -OCH3 is 1. The van der Waals surface area contributed by atoms with Crippen LogP contribution >= 0.6 is 0 Å². The van der Waals surface area contributed by atoms with Crippen molar-refractivity contribution in [2.45, 2.75) is 25.0 Å². The quantitative estimate of drug-likeness (QED) is 0.893. The van der Waals surface area contributed by atoms with Crippen molar-refractivity contribution < 1.29 is 13.5 Å². The topological polar surface area (TPSA) is 53.1 Å². The second kappa shape index (κ2) is 3.91. The number of nitrogens with zero attached hydrogens (tertiary/aromatic N) is 2. The lowest BCUT2D eigenvalue weighted by Gasteiger charge is -2.35. The van der Waals surface area contributed by atoms with Gasteiger partial charge >= 0.3 is 0 Å². The van der Waals surface area contributed by atoms with Crippen LogP contribution < -0.4 is 5.73 Å². The lowest BCUT2D eigenvalue weighted by Crippen LogP contribution is -2.33. The van der Waals surface area contributed by atoms with Crippen LogP contribution in [-0.2, 0) is 4.74 Å². The van der Waals surface area contributed by atoms with Gasteiger partial charge in [0.15, 0.2) is 11.6 Å². The smallest absolute Gasteiger partial charge is 0.201 e. The Labute approximate surface area is 102 Å². The van der Waals surface area contributed by atoms with Gasteiger partial charge in [0.05, 0.1) is 11.6 Å². The number of nitrogens with two attached hydrogens (primary N) is 1. The Morgan fingerprint density at radius 2 is 2.11 bits per heavy atom. The van der Waals surface area contributed by atoms with Crippen molar-refractivity contribution in [3.63, 3.8) is 0 Å². The van der Waals surface area contributed by atoms with E-state index in [1.54, 1.807) is 11.7 Å². The molecule has 4 nitrogen and oxygen atoms in total. The molecule has 96 valence electrons. The summed E-state index contributed by atoms with van der Waals surface area (Å²) in [7, 11) is 1.64. The highest BCUT2D eigenvalue weighted by Crippen LogP contribution is 2.38. The molecule has 0 bridgehead atoms. The van der Waals surface area contributed by atoms with E-state index in [1.807, 2.05) is 0 Å². The molecule has 18 heavy (non-hydrogen) atoms. The highest BCUT2D eigenvalue weighted by Gasteiger charge is 2.33. The van der Waals surface area contributed by atoms with E-state index in [9.17, 15) is 8.78 Å². The van der Waals surface area contributed by atoms with Crippen molar-refractivity contribution in [3.05, 3.63) is 23.8 Å². The van der Waals surface area contributed by atoms with Crippen LogP contribution in [0.5, 0.6) is 0 Å². The molecule has 0 aliphatic heterocycles. The van der Waals surface area contributed by atoms with Crippen LogP contribution in [0.25, 0.3) is 11.0 Å². The largest absolute Gasteiger partial charge is 0.381 e. The minimum Gasteiger partial charge on any atom is -0.381 e. The van der Waals surface area contributed by atoms with E-state index in [1.165, 1.54) is 6.07 Å². The van der Waals surface area contributed by atoms with E-state index in [0.717, 1.165) is 18.9 Å². The lowest BCUT2D eigenvalue weighted by molar-refractivity contribution is 0.00784. The van der Waals surface area contributed by atoms with Crippen LogP contribution in [-0.4, -0.2) is 22.8 Å². The van der Waals surface area contributed by atoms with Gasteiger partial charge < -0.3 is 15.0 Å². The first-order valence-corrected chi connectivity index (χ1v) is 5.76. The summed E-state index contributed by atoms with van der Waals surface area (Å²) in [5.74, 6) is -1.56. The van der Waals surface area contributed by atoms with E-state index in [-0.39, 0.29) is 23.6 Å². The maximum atomic E-state index is 13.8. The molecule has 0 saturated heterocycles. The van der Waals surface area contributed by atoms with E-state index < -0.39 is 11.6 Å². The zero-order chi connectivity index (χ0) is 12.9. The third kappa shape index (κ3) is 1.49. The highest BCUT2D eigenvalue weighted by atomic mass is 19.2. The Kier molecular flexibility index (Phi) is 2.48. The van der Waals surface area contributed by atoms with Gasteiger partial charge in [0.2, 0.25) is 5.95 Å². The minimum atomic E-state index is -0.891. The molecule has 2 N–H and O–H groups in total. The third-order valence-corrected chi connectivity index (χ3v) is 3.54. The third-order valence-electron chi connectivity index (χ3n) is 3.54. The van der Waals surface area contributed by atoms with Gasteiger partial charge in [0, 0.05) is 13.2 Å². The van der Waals surface area contributed by atoms with Gasteiger partial charge in [0.25, 0.3) is 0 Å². The summed E-state index contributed by atoms with van der Waals surface area (Å²) in [5, 5.41) is 0. The second-order valence-electron chi connectivity index (χ2n) is 4.55. The van der Waals surface area contributed by atoms with Gasteiger partial charge in [-0.15, -0.1) is 0 Å². The molecule has 3 rings (SSSR count). The molecule has 1 saturated carbocycles. The van der Waals surface area contributed by atoms with Crippen molar-refractivity contribution >= 4 is 17.0 Å². The van der Waals surface area contributed by atoms with Gasteiger partial charge in [-0.2, -0.15) is 0 Å². The van der Waals surface area contributed by atoms with Crippen LogP contribution in [0.4, 0.5) is 14.7 Å². The van der Waals surface area contributed by atoms with E-state index >= 15 is 0 Å². The summed E-state index contributed by atoms with van der Waals surface area (Å²) >= 11 is 0. The molecule has 1 heterocycles. The SMILES string of the molecule is COC1CC(n2c(N)nc3ccc(F)c(F)c32)C1. The van der Waals surface area contributed by atoms with Crippen LogP contribution in [0.3, 0.4) is 0 Å². The predicted octanol–water partition coefficient (Wildman–Crippen LogP) is 2.25. The Morgan fingerprint density at radius 1 is 1.39 bits per heavy atom. The molecular weight excluding hydrogens is 240 g/mol. The number of fused-ring (bicyclic) bond motifs is 1. The zero-order valence-electron chi connectivity index (χ0n) is 9.86. The zero-order valence-corrected chi connectivity index (χ0v) is 9.86. The number of rotatable bonds is 2. The van der Waals surface area contributed by atoms with Crippen LogP contribution in [0.2, 0.25) is 0 Å². The summed E-state index contributed by atoms with van der Waals surface area (Å²) in [4.78, 5) is 4.06. The number of anilines is 1. The number of hydrogen-bond donors (Lipinski definition) is 1. The van der Waals surface area contributed by atoms with Gasteiger partial charge in [-0.05, 0) is 25.0 Å². The van der Waals surface area contributed by atoms with Gasteiger partial charge in [-0.3, -0.25) is 0 Å². The number of nitrogen functional groups attached to an aromatic ring is 1. The van der Waals surface area contributed by atoms with E-state index in [0.29, 0.717) is 5.52 Å². The number of aromatic nitrogens is 2. The maximum absolute atomic E-state index is 13.8. The normalized spacial score (nSPS) is 23.3. The number of hydrogen-bond acceptors (Lipinski definition) is 3. The molecule has 1 aromatic carbocycles. The molecule has 1 aliphatic rings. The molecule has 1 fully saturated rings. The fourth-order valence-electron chi connectivity index (χ4n) is 2.45. The highest BCUT2D eigenvalue weighted by molar-refractivity contribution is 5.79. The summed E-state index contributed by atoms with van der Waals surface area (Å²) in [6.07, 6.45) is 1.63. The molecular formula is C12H13F2N3O. The number of halogens is 2. The molecule has 0 atom stereocenters. The van der Waals surface area contributed by atoms with E-state index in [2.05, 4.69) is 4.98 Å². The Balaban J connectivity index is 2.11. The van der Waals surface area contributed by atoms with Crippen LogP contribution in [0.1, 0.15) is 18.9 Å². The lowest BCUT2D eigenvalue weighted by atomic mass is 9.89. The fourth-order valence-corrected chi connectivity index (χ4v) is 2.45. The Hall–Kier alpha value is -1.69. The summed E-state index contributed by atoms with van der Waals surface area (Å²) in [6.45, 7) is 0. The molecule has 1 aliphatic carbocycles. The number of ether oxygens (including phenoxy) is 1. The first-order valence-electron chi connectivity index (χ1n) is 5.76. The minimum absolute atomic E-state index is 0.0243. The summed E-state index contributed by atoms with van der Waals surface area (Å²) < 4.78 is 33.9. The molecule has 0 unspecified atom stereocenters. The van der Waals surface area contributed by atoms with Gasteiger partial charge in [0.1, 0.15) is 5.52 Å². The van der Waals surface area contributed by atoms with Gasteiger partial charge in [-0.1, -0.05) is 0 Å². The number of benzene rings is 1. The molecule has 2 aromatic rings. The van der Waals surface area contributed by atoms with E-state index in [4.69, 9.17) is 10.5 Å².